The monoisotopic (exact) mass is 483 g/mol. The number of nitrogens with zero attached hydrogens (tertiary/aromatic N) is 5. The van der Waals surface area contributed by atoms with Gasteiger partial charge in [-0.2, -0.15) is 0 Å². The van der Waals surface area contributed by atoms with Gasteiger partial charge in [-0.25, -0.2) is 9.78 Å². The molecule has 4 aromatic rings. The molecule has 36 heavy (non-hydrogen) atoms. The lowest BCUT2D eigenvalue weighted by Gasteiger charge is -2.36. The Morgan fingerprint density at radius 3 is 2.25 bits per heavy atom. The molecule has 2 aromatic heterocycles. The number of hydrogen-bond acceptors (Lipinski definition) is 5. The molecule has 1 aliphatic heterocycles. The van der Waals surface area contributed by atoms with Crippen LogP contribution >= 0.6 is 0 Å². The molecule has 0 saturated carbocycles. The minimum atomic E-state index is -0.343. The molecular formula is C28H29N5O3. The van der Waals surface area contributed by atoms with E-state index >= 15 is 0 Å². The van der Waals surface area contributed by atoms with Crippen molar-refractivity contribution in [1.82, 2.24) is 19.0 Å². The van der Waals surface area contributed by atoms with Crippen LogP contribution in [0.15, 0.2) is 64.2 Å². The molecule has 1 saturated heterocycles. The fraction of sp³-hybridized carbons (Fsp3) is 0.286. The van der Waals surface area contributed by atoms with Crippen molar-refractivity contribution < 1.29 is 4.79 Å². The molecule has 5 rings (SSSR count). The van der Waals surface area contributed by atoms with Gasteiger partial charge in [-0.1, -0.05) is 48.5 Å². The fourth-order valence-electron chi connectivity index (χ4n) is 4.92. The van der Waals surface area contributed by atoms with E-state index < -0.39 is 0 Å². The SMILES string of the molecule is Cc1cccc2c(C(=O)N3CCN(c4c(C)n(C)c(=O)n(C)c4=O)CC3)cc(-c3ccccc3)nc12. The first-order valence-electron chi connectivity index (χ1n) is 12.0. The standard InChI is InChI=1S/C28H29N5O3/c1-18-9-8-12-21-22(17-23(29-24(18)21)20-10-6-5-7-11-20)26(34)33-15-13-32(14-16-33)25-19(2)30(3)28(36)31(4)27(25)35/h5-12,17H,13-16H2,1-4H3. The Bertz CT molecular complexity index is 1600. The van der Waals surface area contributed by atoms with Crippen LogP contribution in [-0.2, 0) is 14.1 Å². The Morgan fingerprint density at radius 1 is 0.861 bits per heavy atom. The summed E-state index contributed by atoms with van der Waals surface area (Å²) in [7, 11) is 3.16. The van der Waals surface area contributed by atoms with Crippen LogP contribution in [0.25, 0.3) is 22.2 Å². The van der Waals surface area contributed by atoms with E-state index in [4.69, 9.17) is 4.98 Å². The Balaban J connectivity index is 1.48. The van der Waals surface area contributed by atoms with Crippen molar-refractivity contribution in [2.75, 3.05) is 31.1 Å². The molecular weight excluding hydrogens is 454 g/mol. The average molecular weight is 484 g/mol. The molecule has 0 N–H and O–H groups in total. The summed E-state index contributed by atoms with van der Waals surface area (Å²) in [5.74, 6) is -0.0464. The summed E-state index contributed by atoms with van der Waals surface area (Å²) < 4.78 is 2.63. The summed E-state index contributed by atoms with van der Waals surface area (Å²) in [5, 5.41) is 0.838. The third kappa shape index (κ3) is 3.88. The van der Waals surface area contributed by atoms with E-state index in [9.17, 15) is 14.4 Å². The first-order valence-corrected chi connectivity index (χ1v) is 12.0. The van der Waals surface area contributed by atoms with E-state index in [0.717, 1.165) is 32.3 Å². The van der Waals surface area contributed by atoms with E-state index in [0.29, 0.717) is 43.1 Å². The number of hydrogen-bond donors (Lipinski definition) is 0. The zero-order valence-electron chi connectivity index (χ0n) is 21.0. The van der Waals surface area contributed by atoms with Crippen molar-refractivity contribution in [3.63, 3.8) is 0 Å². The number of carbonyl (C=O) groups is 1. The number of amides is 1. The molecule has 0 atom stereocenters. The minimum absolute atomic E-state index is 0.0464. The zero-order valence-corrected chi connectivity index (χ0v) is 21.0. The fourth-order valence-corrected chi connectivity index (χ4v) is 4.92. The molecule has 1 aliphatic rings. The average Bonchev–Trinajstić information content (AvgIpc) is 2.91. The molecule has 0 radical (unpaired) electrons. The number of benzene rings is 2. The van der Waals surface area contributed by atoms with E-state index in [1.807, 2.05) is 71.3 Å². The van der Waals surface area contributed by atoms with Gasteiger partial charge in [0, 0.05) is 56.9 Å². The van der Waals surface area contributed by atoms with Crippen molar-refractivity contribution in [2.24, 2.45) is 14.1 Å². The topological polar surface area (TPSA) is 80.4 Å². The maximum atomic E-state index is 13.8. The van der Waals surface area contributed by atoms with Crippen molar-refractivity contribution >= 4 is 22.5 Å². The number of aryl methyl sites for hydroxylation is 1. The highest BCUT2D eigenvalue weighted by Gasteiger charge is 2.27. The first-order chi connectivity index (χ1) is 17.3. The van der Waals surface area contributed by atoms with Gasteiger partial charge >= 0.3 is 5.69 Å². The van der Waals surface area contributed by atoms with Crippen molar-refractivity contribution in [2.45, 2.75) is 13.8 Å². The van der Waals surface area contributed by atoms with E-state index in [-0.39, 0.29) is 17.2 Å². The number of anilines is 1. The molecule has 1 fully saturated rings. The minimum Gasteiger partial charge on any atom is -0.362 e. The second-order valence-corrected chi connectivity index (χ2v) is 9.31. The molecule has 8 nitrogen and oxygen atoms in total. The second kappa shape index (κ2) is 9.11. The van der Waals surface area contributed by atoms with E-state index in [1.165, 1.54) is 11.6 Å². The van der Waals surface area contributed by atoms with Gasteiger partial charge in [-0.3, -0.25) is 18.7 Å². The highest BCUT2D eigenvalue weighted by molar-refractivity contribution is 6.07. The van der Waals surface area contributed by atoms with Gasteiger partial charge in [0.05, 0.1) is 16.8 Å². The third-order valence-electron chi connectivity index (χ3n) is 7.15. The lowest BCUT2D eigenvalue weighted by molar-refractivity contribution is 0.0748. The molecule has 0 aliphatic carbocycles. The molecule has 2 aromatic carbocycles. The smallest absolute Gasteiger partial charge is 0.330 e. The maximum Gasteiger partial charge on any atom is 0.330 e. The van der Waals surface area contributed by atoms with Gasteiger partial charge in [0.25, 0.3) is 11.5 Å². The van der Waals surface area contributed by atoms with Gasteiger partial charge in [-0.05, 0) is 25.5 Å². The van der Waals surface area contributed by atoms with Gasteiger partial charge in [0.1, 0.15) is 5.69 Å². The normalized spacial score (nSPS) is 13.9. The van der Waals surface area contributed by atoms with Crippen LogP contribution in [0.2, 0.25) is 0 Å². The zero-order chi connectivity index (χ0) is 25.6. The Labute approximate surface area is 209 Å². The van der Waals surface area contributed by atoms with Crippen LogP contribution in [0.5, 0.6) is 0 Å². The molecule has 0 unspecified atom stereocenters. The summed E-state index contributed by atoms with van der Waals surface area (Å²) in [6, 6.07) is 17.7. The lowest BCUT2D eigenvalue weighted by atomic mass is 10.0. The number of para-hydroxylation sites is 1. The van der Waals surface area contributed by atoms with Gasteiger partial charge in [0.15, 0.2) is 0 Å². The molecule has 0 bridgehead atoms. The summed E-state index contributed by atoms with van der Waals surface area (Å²) in [6.45, 7) is 5.75. The van der Waals surface area contributed by atoms with Crippen LogP contribution in [0.4, 0.5) is 5.69 Å². The number of carbonyl (C=O) groups excluding carboxylic acids is 1. The summed E-state index contributed by atoms with van der Waals surface area (Å²) in [4.78, 5) is 47.6. The highest BCUT2D eigenvalue weighted by Crippen LogP contribution is 2.28. The third-order valence-corrected chi connectivity index (χ3v) is 7.15. The van der Waals surface area contributed by atoms with Gasteiger partial charge < -0.3 is 9.80 Å². The van der Waals surface area contributed by atoms with E-state index in [2.05, 4.69) is 0 Å². The number of piperazine rings is 1. The number of pyridine rings is 1. The molecule has 3 heterocycles. The van der Waals surface area contributed by atoms with Crippen LogP contribution in [-0.4, -0.2) is 51.1 Å². The van der Waals surface area contributed by atoms with Gasteiger partial charge in [0.2, 0.25) is 0 Å². The highest BCUT2D eigenvalue weighted by atomic mass is 16.2. The maximum absolute atomic E-state index is 13.8. The molecule has 184 valence electrons. The molecule has 1 amide bonds. The number of fused-ring (bicyclic) bond motifs is 1. The first kappa shape index (κ1) is 23.5. The Hall–Kier alpha value is -4.20. The van der Waals surface area contributed by atoms with Crippen LogP contribution in [0, 0.1) is 13.8 Å². The van der Waals surface area contributed by atoms with Crippen LogP contribution < -0.4 is 16.1 Å². The predicted octanol–water partition coefficient (Wildman–Crippen LogP) is 2.88. The van der Waals surface area contributed by atoms with Gasteiger partial charge in [-0.15, -0.1) is 0 Å². The molecule has 8 heteroatoms. The summed E-state index contributed by atoms with van der Waals surface area (Å²) in [6.07, 6.45) is 0. The van der Waals surface area contributed by atoms with E-state index in [1.54, 1.807) is 14.0 Å². The van der Waals surface area contributed by atoms with Crippen molar-refractivity contribution in [3.8, 4) is 11.3 Å². The quantitative estimate of drug-likeness (QED) is 0.448. The Kier molecular flexibility index (Phi) is 5.96. The summed E-state index contributed by atoms with van der Waals surface area (Å²) >= 11 is 0. The lowest BCUT2D eigenvalue weighted by Crippen LogP contribution is -2.52. The van der Waals surface area contributed by atoms with Crippen molar-refractivity contribution in [1.29, 1.82) is 0 Å². The van der Waals surface area contributed by atoms with Crippen LogP contribution in [0.3, 0.4) is 0 Å². The largest absolute Gasteiger partial charge is 0.362 e. The summed E-state index contributed by atoms with van der Waals surface area (Å²) in [5.41, 5.74) is 4.70. The molecule has 0 spiro atoms. The second-order valence-electron chi connectivity index (χ2n) is 9.31. The Morgan fingerprint density at radius 2 is 1.56 bits per heavy atom. The predicted molar refractivity (Wildman–Crippen MR) is 142 cm³/mol. The number of rotatable bonds is 3. The van der Waals surface area contributed by atoms with Crippen LogP contribution in [0.1, 0.15) is 21.6 Å². The van der Waals surface area contributed by atoms with Crippen molar-refractivity contribution in [3.05, 3.63) is 92.3 Å². The number of aromatic nitrogens is 3.